The van der Waals surface area contributed by atoms with Gasteiger partial charge >= 0.3 is 0 Å². The molecule has 2 aromatic rings. The van der Waals surface area contributed by atoms with Crippen LogP contribution in [0.25, 0.3) is 0 Å². The van der Waals surface area contributed by atoms with Gasteiger partial charge in [-0.2, -0.15) is 23.3 Å². The van der Waals surface area contributed by atoms with Gasteiger partial charge in [-0.05, 0) is 0 Å². The van der Waals surface area contributed by atoms with Crippen LogP contribution in [0, 0.1) is 0 Å². The SMILES string of the molecule is CC(C)(C)[c-]1[cH-][cH-][c-](C(C)(C)C)[cH-]1.CC(C)(C)c1cc[c-](C(C)(C)C)c1.[Fe]. The molecule has 0 fully saturated rings. The molecule has 1 heteroatoms. The second-order valence-electron chi connectivity index (χ2n) is 11.8. The summed E-state index contributed by atoms with van der Waals surface area (Å²) < 4.78 is 0. The normalized spacial score (nSPS) is 12.9. The number of rotatable bonds is 0. The first kappa shape index (κ1) is 26.2. The molecule has 0 N–H and O–H groups in total. The fourth-order valence-electron chi connectivity index (χ4n) is 2.75. The minimum atomic E-state index is 0. The van der Waals surface area contributed by atoms with E-state index in [4.69, 9.17) is 0 Å². The summed E-state index contributed by atoms with van der Waals surface area (Å²) in [4.78, 5) is 0. The molecule has 0 radical (unpaired) electrons. The molecule has 0 heterocycles. The summed E-state index contributed by atoms with van der Waals surface area (Å²) in [6.07, 6.45) is 0. The Morgan fingerprint density at radius 1 is 0.667 bits per heavy atom. The van der Waals surface area contributed by atoms with Gasteiger partial charge in [-0.15, -0.1) is 0 Å². The van der Waals surface area contributed by atoms with Gasteiger partial charge < -0.3 is 29.3 Å². The van der Waals surface area contributed by atoms with Crippen molar-refractivity contribution in [3.05, 3.63) is 58.7 Å². The minimum absolute atomic E-state index is 0. The van der Waals surface area contributed by atoms with Gasteiger partial charge in [0.1, 0.15) is 0 Å². The van der Waals surface area contributed by atoms with Crippen molar-refractivity contribution >= 4 is 0 Å². The van der Waals surface area contributed by atoms with E-state index in [2.05, 4.69) is 119 Å². The van der Waals surface area contributed by atoms with Gasteiger partial charge in [0.15, 0.2) is 0 Å². The van der Waals surface area contributed by atoms with E-state index >= 15 is 0 Å². The summed E-state index contributed by atoms with van der Waals surface area (Å²) in [7, 11) is 0. The van der Waals surface area contributed by atoms with E-state index in [1.54, 1.807) is 0 Å². The maximum atomic E-state index is 2.33. The third-order valence-corrected chi connectivity index (χ3v) is 4.97. The molecule has 0 saturated heterocycles. The maximum Gasteiger partial charge on any atom is 0 e. The van der Waals surface area contributed by atoms with Gasteiger partial charge in [0.25, 0.3) is 0 Å². The first-order valence-electron chi connectivity index (χ1n) is 9.98. The average molecular weight is 410 g/mol. The smallest absolute Gasteiger partial charge is 0 e. The Kier molecular flexibility index (Phi) is 8.46. The Balaban J connectivity index is 0.000000483. The van der Waals surface area contributed by atoms with Crippen LogP contribution < -0.4 is 0 Å². The van der Waals surface area contributed by atoms with E-state index in [0.717, 1.165) is 0 Å². The van der Waals surface area contributed by atoms with Gasteiger partial charge in [0.05, 0.1) is 0 Å². The third kappa shape index (κ3) is 8.00. The molecule has 0 aliphatic carbocycles. The molecule has 160 valence electrons. The van der Waals surface area contributed by atoms with Crippen molar-refractivity contribution in [3.63, 3.8) is 0 Å². The summed E-state index contributed by atoms with van der Waals surface area (Å²) in [5.74, 6) is 0. The molecule has 0 amide bonds. The van der Waals surface area contributed by atoms with Crippen molar-refractivity contribution in [1.29, 1.82) is 0 Å². The van der Waals surface area contributed by atoms with Crippen molar-refractivity contribution in [2.45, 2.75) is 105 Å². The predicted octanol–water partition coefficient (Wildman–Crippen LogP) is 8.00. The standard InChI is InChI=1S/2C13H21.Fe/c2*1-12(2,3)10-7-8-11(9-10)13(4,5)6;/h2*7-9H,1-6H3;/q-5;-1;. The van der Waals surface area contributed by atoms with Crippen LogP contribution in [0.15, 0.2) is 36.4 Å². The van der Waals surface area contributed by atoms with Crippen LogP contribution in [0.1, 0.15) is 105 Å². The van der Waals surface area contributed by atoms with Crippen molar-refractivity contribution < 1.29 is 17.1 Å². The first-order chi connectivity index (χ1) is 11.4. The predicted molar refractivity (Wildman–Crippen MR) is 119 cm³/mol. The zero-order valence-electron chi connectivity index (χ0n) is 19.8. The number of hydrogen-bond acceptors (Lipinski definition) is 0. The van der Waals surface area contributed by atoms with Gasteiger partial charge in [0.2, 0.25) is 0 Å². The molecule has 0 nitrogen and oxygen atoms in total. The Morgan fingerprint density at radius 3 is 1.26 bits per heavy atom. The second kappa shape index (κ2) is 8.71. The molecular formula is C26H42Fe-6. The van der Waals surface area contributed by atoms with Gasteiger partial charge in [-0.3, -0.25) is 0 Å². The molecule has 2 rings (SSSR count). The average Bonchev–Trinajstić information content (AvgIpc) is 3.06. The quantitative estimate of drug-likeness (QED) is 0.305. The van der Waals surface area contributed by atoms with Crippen molar-refractivity contribution in [2.75, 3.05) is 0 Å². The van der Waals surface area contributed by atoms with Crippen molar-refractivity contribution in [2.24, 2.45) is 0 Å². The fraction of sp³-hybridized carbons (Fsp3) is 0.615. The van der Waals surface area contributed by atoms with Gasteiger partial charge in [-0.25, -0.2) is 16.9 Å². The fourth-order valence-corrected chi connectivity index (χ4v) is 2.75. The summed E-state index contributed by atoms with van der Waals surface area (Å²) in [5.41, 5.74) is 6.89. The molecule has 0 aromatic heterocycles. The summed E-state index contributed by atoms with van der Waals surface area (Å²) in [6, 6.07) is 13.7. The molecule has 0 saturated carbocycles. The third-order valence-electron chi connectivity index (χ3n) is 4.97. The van der Waals surface area contributed by atoms with E-state index in [-0.39, 0.29) is 38.7 Å². The van der Waals surface area contributed by atoms with E-state index in [9.17, 15) is 0 Å². The van der Waals surface area contributed by atoms with E-state index in [1.165, 1.54) is 22.3 Å². The van der Waals surface area contributed by atoms with Crippen LogP contribution in [0.5, 0.6) is 0 Å². The first-order valence-corrected chi connectivity index (χ1v) is 9.98. The zero-order valence-corrected chi connectivity index (χ0v) is 20.9. The van der Waals surface area contributed by atoms with Gasteiger partial charge in [0, 0.05) is 17.1 Å². The Bertz CT molecular complexity index is 563. The van der Waals surface area contributed by atoms with Crippen LogP contribution in [0.2, 0.25) is 0 Å². The van der Waals surface area contributed by atoms with Crippen LogP contribution in [0.3, 0.4) is 0 Å². The van der Waals surface area contributed by atoms with Crippen LogP contribution in [-0.4, -0.2) is 0 Å². The van der Waals surface area contributed by atoms with Crippen LogP contribution in [-0.2, 0) is 38.7 Å². The summed E-state index contributed by atoms with van der Waals surface area (Å²) in [5, 5.41) is 0. The van der Waals surface area contributed by atoms with Crippen molar-refractivity contribution in [1.82, 2.24) is 0 Å². The van der Waals surface area contributed by atoms with Crippen LogP contribution in [0.4, 0.5) is 0 Å². The summed E-state index contributed by atoms with van der Waals surface area (Å²) >= 11 is 0. The van der Waals surface area contributed by atoms with E-state index in [0.29, 0.717) is 0 Å². The molecule has 0 bridgehead atoms. The zero-order chi connectivity index (χ0) is 20.6. The molecular weight excluding hydrogens is 368 g/mol. The van der Waals surface area contributed by atoms with Gasteiger partial charge in [-0.1, -0.05) is 93.9 Å². The molecule has 0 aliphatic rings. The van der Waals surface area contributed by atoms with Crippen LogP contribution >= 0.6 is 0 Å². The molecule has 0 spiro atoms. The molecule has 0 aliphatic heterocycles. The Morgan fingerprint density at radius 2 is 1.07 bits per heavy atom. The van der Waals surface area contributed by atoms with E-state index < -0.39 is 0 Å². The Hall–Kier alpha value is -0.781. The number of hydrogen-bond donors (Lipinski definition) is 0. The maximum absolute atomic E-state index is 2.33. The molecule has 27 heavy (non-hydrogen) atoms. The second-order valence-corrected chi connectivity index (χ2v) is 11.8. The largest absolute Gasteiger partial charge is 0.745 e. The molecule has 0 unspecified atom stereocenters. The topological polar surface area (TPSA) is 0 Å². The van der Waals surface area contributed by atoms with E-state index in [1.807, 2.05) is 0 Å². The molecule has 2 aromatic carbocycles. The Labute approximate surface area is 180 Å². The monoisotopic (exact) mass is 410 g/mol. The summed E-state index contributed by atoms with van der Waals surface area (Å²) in [6.45, 7) is 27.1. The van der Waals surface area contributed by atoms with Crippen molar-refractivity contribution in [3.8, 4) is 0 Å². The minimum Gasteiger partial charge on any atom is -0.745 e. The molecule has 0 atom stereocenters.